The van der Waals surface area contributed by atoms with Crippen LogP contribution < -0.4 is 5.32 Å². The average Bonchev–Trinajstić information content (AvgIpc) is 3.15. The van der Waals surface area contributed by atoms with Crippen LogP contribution in [0.4, 0.5) is 0 Å². The first-order valence-electron chi connectivity index (χ1n) is 9.13. The molecule has 1 aliphatic heterocycles. The number of nitrogens with one attached hydrogen (secondary N) is 1. The molecular weight excluding hydrogens is 340 g/mol. The molecule has 1 unspecified atom stereocenters. The van der Waals surface area contributed by atoms with Gasteiger partial charge >= 0.3 is 0 Å². The van der Waals surface area contributed by atoms with Gasteiger partial charge in [-0.15, -0.1) is 0 Å². The van der Waals surface area contributed by atoms with Gasteiger partial charge in [0.2, 0.25) is 0 Å². The molecular formula is C20H24N6O. The number of benzene rings is 1. The van der Waals surface area contributed by atoms with Crippen molar-refractivity contribution in [3.05, 3.63) is 60.0 Å². The highest BCUT2D eigenvalue weighted by Gasteiger charge is 2.25. The summed E-state index contributed by atoms with van der Waals surface area (Å²) in [5, 5.41) is 8.91. The van der Waals surface area contributed by atoms with Crippen molar-refractivity contribution in [2.24, 2.45) is 12.0 Å². The van der Waals surface area contributed by atoms with E-state index in [1.165, 1.54) is 5.56 Å². The minimum Gasteiger partial charge on any atom is -0.370 e. The van der Waals surface area contributed by atoms with Gasteiger partial charge in [-0.25, -0.2) is 0 Å². The van der Waals surface area contributed by atoms with Gasteiger partial charge in [-0.1, -0.05) is 18.2 Å². The predicted octanol–water partition coefficient (Wildman–Crippen LogP) is 2.12. The number of nitrogens with zero attached hydrogens (tertiary/aromatic N) is 5. The summed E-state index contributed by atoms with van der Waals surface area (Å²) in [5.41, 5.74) is 3.31. The molecule has 4 rings (SSSR count). The molecule has 7 nitrogen and oxygen atoms in total. The molecule has 0 bridgehead atoms. The van der Waals surface area contributed by atoms with Crippen LogP contribution in [0.15, 0.2) is 53.9 Å². The summed E-state index contributed by atoms with van der Waals surface area (Å²) >= 11 is 0. The Balaban J connectivity index is 1.46. The van der Waals surface area contributed by atoms with Crippen LogP contribution in [0, 0.1) is 0 Å². The van der Waals surface area contributed by atoms with E-state index in [4.69, 9.17) is 4.74 Å². The highest BCUT2D eigenvalue weighted by Crippen LogP contribution is 2.22. The second-order valence-electron chi connectivity index (χ2n) is 6.64. The van der Waals surface area contributed by atoms with Gasteiger partial charge in [0.25, 0.3) is 0 Å². The fourth-order valence-corrected chi connectivity index (χ4v) is 3.47. The number of aromatic nitrogens is 3. The Kier molecular flexibility index (Phi) is 5.02. The van der Waals surface area contributed by atoms with Crippen LogP contribution in [0.25, 0.3) is 10.9 Å². The fourth-order valence-electron chi connectivity index (χ4n) is 3.47. The second kappa shape index (κ2) is 7.75. The molecule has 1 N–H and O–H groups in total. The normalized spacial score (nSPS) is 18.1. The summed E-state index contributed by atoms with van der Waals surface area (Å²) in [6.45, 7) is 2.93. The zero-order valence-electron chi connectivity index (χ0n) is 15.7. The van der Waals surface area contributed by atoms with Gasteiger partial charge in [0.05, 0.1) is 24.9 Å². The predicted molar refractivity (Wildman–Crippen MR) is 105 cm³/mol. The first-order chi connectivity index (χ1) is 13.2. The molecule has 1 aliphatic rings. The summed E-state index contributed by atoms with van der Waals surface area (Å²) in [6, 6.07) is 10.3. The lowest BCUT2D eigenvalue weighted by Gasteiger charge is -2.34. The van der Waals surface area contributed by atoms with Gasteiger partial charge in [-0.2, -0.15) is 5.10 Å². The van der Waals surface area contributed by atoms with Crippen LogP contribution in [0.2, 0.25) is 0 Å². The Morgan fingerprint density at radius 2 is 2.22 bits per heavy atom. The molecule has 3 heterocycles. The van der Waals surface area contributed by atoms with E-state index in [1.807, 2.05) is 50.9 Å². The number of para-hydroxylation sites is 1. The fraction of sp³-hybridized carbons (Fsp3) is 0.350. The lowest BCUT2D eigenvalue weighted by molar-refractivity contribution is -0.00805. The van der Waals surface area contributed by atoms with Gasteiger partial charge in [-0.05, 0) is 17.7 Å². The molecule has 0 spiro atoms. The van der Waals surface area contributed by atoms with E-state index in [2.05, 4.69) is 37.4 Å². The van der Waals surface area contributed by atoms with Crippen molar-refractivity contribution in [1.82, 2.24) is 25.0 Å². The van der Waals surface area contributed by atoms with Gasteiger partial charge in [0.1, 0.15) is 6.10 Å². The summed E-state index contributed by atoms with van der Waals surface area (Å²) < 4.78 is 7.74. The number of morpholine rings is 1. The number of ether oxygens (including phenoxy) is 1. The van der Waals surface area contributed by atoms with Gasteiger partial charge < -0.3 is 15.0 Å². The van der Waals surface area contributed by atoms with E-state index in [9.17, 15) is 0 Å². The first kappa shape index (κ1) is 17.5. The van der Waals surface area contributed by atoms with Crippen LogP contribution in [0.3, 0.4) is 0 Å². The number of aliphatic imine (C=N–C) groups is 1. The van der Waals surface area contributed by atoms with Crippen LogP contribution in [-0.2, 0) is 18.3 Å². The van der Waals surface area contributed by atoms with Crippen molar-refractivity contribution in [1.29, 1.82) is 0 Å². The van der Waals surface area contributed by atoms with Crippen LogP contribution in [0.1, 0.15) is 17.2 Å². The average molecular weight is 364 g/mol. The van der Waals surface area contributed by atoms with Crippen LogP contribution in [-0.4, -0.2) is 52.4 Å². The standard InChI is InChI=1S/C20H24N6O/c1-21-20(23-11-15-7-8-22-18-6-4-3-5-17(15)18)26-9-10-27-19(14-26)16-12-24-25(2)13-16/h3-8,12-13,19H,9-11,14H2,1-2H3,(H,21,23). The maximum atomic E-state index is 5.94. The quantitative estimate of drug-likeness (QED) is 0.570. The number of hydrogen-bond acceptors (Lipinski definition) is 4. The third-order valence-electron chi connectivity index (χ3n) is 4.85. The monoisotopic (exact) mass is 364 g/mol. The highest BCUT2D eigenvalue weighted by atomic mass is 16.5. The molecule has 0 aliphatic carbocycles. The topological polar surface area (TPSA) is 67.6 Å². The van der Waals surface area contributed by atoms with Crippen molar-refractivity contribution in [2.75, 3.05) is 26.7 Å². The summed E-state index contributed by atoms with van der Waals surface area (Å²) in [6.07, 6.45) is 5.74. The minimum absolute atomic E-state index is 0.00718. The molecule has 3 aromatic rings. The number of aryl methyl sites for hydroxylation is 1. The van der Waals surface area contributed by atoms with E-state index in [0.29, 0.717) is 13.2 Å². The summed E-state index contributed by atoms with van der Waals surface area (Å²) in [4.78, 5) is 11.2. The molecule has 1 fully saturated rings. The Morgan fingerprint density at radius 1 is 1.33 bits per heavy atom. The summed E-state index contributed by atoms with van der Waals surface area (Å²) in [7, 11) is 3.74. The SMILES string of the molecule is CN=C(NCc1ccnc2ccccc12)N1CCOC(c2cnn(C)c2)C1. The van der Waals surface area contributed by atoms with E-state index in [0.717, 1.165) is 35.5 Å². The second-order valence-corrected chi connectivity index (χ2v) is 6.64. The smallest absolute Gasteiger partial charge is 0.194 e. The van der Waals surface area contributed by atoms with Crippen molar-refractivity contribution in [3.63, 3.8) is 0 Å². The molecule has 0 amide bonds. The first-order valence-corrected chi connectivity index (χ1v) is 9.13. The van der Waals surface area contributed by atoms with Crippen LogP contribution >= 0.6 is 0 Å². The molecule has 0 saturated carbocycles. The van der Waals surface area contributed by atoms with Crippen molar-refractivity contribution >= 4 is 16.9 Å². The summed E-state index contributed by atoms with van der Waals surface area (Å²) in [5.74, 6) is 0.882. The Labute approximate surface area is 158 Å². The van der Waals surface area contributed by atoms with E-state index < -0.39 is 0 Å². The number of guanidine groups is 1. The van der Waals surface area contributed by atoms with E-state index >= 15 is 0 Å². The number of rotatable bonds is 3. The van der Waals surface area contributed by atoms with E-state index in [-0.39, 0.29) is 6.10 Å². The molecule has 1 aromatic carbocycles. The van der Waals surface area contributed by atoms with Crippen molar-refractivity contribution < 1.29 is 4.74 Å². The van der Waals surface area contributed by atoms with Crippen molar-refractivity contribution in [2.45, 2.75) is 12.6 Å². The number of fused-ring (bicyclic) bond motifs is 1. The molecule has 0 radical (unpaired) electrons. The minimum atomic E-state index is 0.00718. The Hall–Kier alpha value is -2.93. The van der Waals surface area contributed by atoms with Gasteiger partial charge in [0, 0.05) is 50.5 Å². The largest absolute Gasteiger partial charge is 0.370 e. The molecule has 140 valence electrons. The third-order valence-corrected chi connectivity index (χ3v) is 4.85. The molecule has 1 saturated heterocycles. The maximum Gasteiger partial charge on any atom is 0.194 e. The lowest BCUT2D eigenvalue weighted by atomic mass is 10.1. The van der Waals surface area contributed by atoms with Crippen molar-refractivity contribution in [3.8, 4) is 0 Å². The maximum absolute atomic E-state index is 5.94. The number of hydrogen-bond donors (Lipinski definition) is 1. The zero-order valence-corrected chi connectivity index (χ0v) is 15.7. The Bertz CT molecular complexity index is 945. The lowest BCUT2D eigenvalue weighted by Crippen LogP contribution is -2.47. The van der Waals surface area contributed by atoms with Crippen LogP contribution in [0.5, 0.6) is 0 Å². The number of pyridine rings is 1. The molecule has 1 atom stereocenters. The van der Waals surface area contributed by atoms with E-state index in [1.54, 1.807) is 4.68 Å². The Morgan fingerprint density at radius 3 is 3.04 bits per heavy atom. The third kappa shape index (κ3) is 3.78. The van der Waals surface area contributed by atoms with Gasteiger partial charge in [-0.3, -0.25) is 14.7 Å². The van der Waals surface area contributed by atoms with Gasteiger partial charge in [0.15, 0.2) is 5.96 Å². The highest BCUT2D eigenvalue weighted by molar-refractivity contribution is 5.83. The molecule has 7 heteroatoms. The molecule has 2 aromatic heterocycles. The zero-order chi connectivity index (χ0) is 18.6. The molecule has 27 heavy (non-hydrogen) atoms.